The Morgan fingerprint density at radius 3 is 2.43 bits per heavy atom. The average Bonchev–Trinajstić information content (AvgIpc) is 2.74. The van der Waals surface area contributed by atoms with Gasteiger partial charge in [-0.1, -0.05) is 17.7 Å². The molecule has 2 bridgehead atoms. The van der Waals surface area contributed by atoms with Gasteiger partial charge in [-0.15, -0.1) is 0 Å². The van der Waals surface area contributed by atoms with Crippen LogP contribution in [0.4, 0.5) is 11.5 Å². The number of nitrogens with zero attached hydrogens (tertiary/aromatic N) is 2. The van der Waals surface area contributed by atoms with Gasteiger partial charge >= 0.3 is 0 Å². The second-order valence-electron chi connectivity index (χ2n) is 8.53. The van der Waals surface area contributed by atoms with Crippen LogP contribution in [-0.4, -0.2) is 49.5 Å². The van der Waals surface area contributed by atoms with E-state index in [1.54, 1.807) is 11.1 Å². The second-order valence-corrected chi connectivity index (χ2v) is 11.4. The molecule has 1 aromatic carbocycles. The summed E-state index contributed by atoms with van der Waals surface area (Å²) in [4.78, 5) is 19.8. The summed E-state index contributed by atoms with van der Waals surface area (Å²) in [5, 5.41) is 4.10. The fourth-order valence-electron chi connectivity index (χ4n) is 5.14. The molecule has 6 nitrogen and oxygen atoms in total. The predicted molar refractivity (Wildman–Crippen MR) is 121 cm³/mol. The Labute approximate surface area is 183 Å². The third-order valence-electron chi connectivity index (χ3n) is 6.68. The number of halogens is 1. The molecule has 160 valence electrons. The molecule has 0 radical (unpaired) electrons. The molecule has 1 aromatic heterocycles. The average molecular weight is 448 g/mol. The minimum Gasteiger partial charge on any atom is -0.340 e. The monoisotopic (exact) mass is 447 g/mol. The number of anilines is 2. The van der Waals surface area contributed by atoms with Gasteiger partial charge in [0, 0.05) is 35.6 Å². The summed E-state index contributed by atoms with van der Waals surface area (Å²) in [6, 6.07) is 7.59. The lowest BCUT2D eigenvalue weighted by atomic mass is 9.66. The van der Waals surface area contributed by atoms with Crippen LogP contribution in [0.5, 0.6) is 0 Å². The van der Waals surface area contributed by atoms with Crippen LogP contribution in [0.2, 0.25) is 5.02 Å². The molecule has 3 N–H and O–H groups in total. The van der Waals surface area contributed by atoms with Gasteiger partial charge in [0.25, 0.3) is 5.91 Å². The first-order valence-corrected chi connectivity index (χ1v) is 12.8. The fourth-order valence-corrected chi connectivity index (χ4v) is 6.56. The first kappa shape index (κ1) is 20.1. The largest absolute Gasteiger partial charge is 0.340 e. The van der Waals surface area contributed by atoms with Crippen molar-refractivity contribution in [3.63, 3.8) is 0 Å². The number of carbonyl (C=O) groups is 1. The smallest absolute Gasteiger partial charge is 0.255 e. The lowest BCUT2D eigenvalue weighted by molar-refractivity contribution is 0.0764. The molecular formula is C22H26ClN3O3S. The standard InChI is InChI=1S/C22H26ClN3O3S/c23-16-2-1-3-17(12-16)25-21-20-15-6-4-14(5-7-15)19(20)18(13-24-21)22(27)26-8-10-30(28,29)11-9-26/h1-3,12-15,28-29H,4-11H2,(H,24,25). The highest BCUT2D eigenvalue weighted by Crippen LogP contribution is 2.53. The molecule has 30 heavy (non-hydrogen) atoms. The number of hydrogen-bond acceptors (Lipinski definition) is 5. The van der Waals surface area contributed by atoms with Crippen molar-refractivity contribution in [2.45, 2.75) is 37.5 Å². The van der Waals surface area contributed by atoms with Crippen LogP contribution in [0.3, 0.4) is 0 Å². The van der Waals surface area contributed by atoms with Crippen molar-refractivity contribution in [3.05, 3.63) is 52.2 Å². The zero-order valence-electron chi connectivity index (χ0n) is 16.7. The number of benzene rings is 1. The van der Waals surface area contributed by atoms with Crippen LogP contribution in [0.25, 0.3) is 0 Å². The van der Waals surface area contributed by atoms with Gasteiger partial charge in [0.05, 0.1) is 17.1 Å². The van der Waals surface area contributed by atoms with Crippen LogP contribution < -0.4 is 5.32 Å². The van der Waals surface area contributed by atoms with Crippen molar-refractivity contribution < 1.29 is 13.9 Å². The first-order chi connectivity index (χ1) is 14.4. The molecule has 1 saturated heterocycles. The van der Waals surface area contributed by atoms with E-state index in [0.717, 1.165) is 42.8 Å². The summed E-state index contributed by atoms with van der Waals surface area (Å²) < 4.78 is 19.8. The van der Waals surface area contributed by atoms with E-state index in [-0.39, 0.29) is 17.4 Å². The number of fused-ring (bicyclic) bond motifs is 2. The van der Waals surface area contributed by atoms with Crippen molar-refractivity contribution in [3.8, 4) is 0 Å². The summed E-state index contributed by atoms with van der Waals surface area (Å²) in [5.74, 6) is 2.11. The van der Waals surface area contributed by atoms with E-state index in [2.05, 4.69) is 10.3 Å². The van der Waals surface area contributed by atoms with E-state index in [0.29, 0.717) is 35.5 Å². The first-order valence-electron chi connectivity index (χ1n) is 10.5. The molecule has 2 fully saturated rings. The summed E-state index contributed by atoms with van der Waals surface area (Å²) in [7, 11) is -2.53. The Morgan fingerprint density at radius 2 is 1.77 bits per heavy atom. The molecule has 6 rings (SSSR count). The van der Waals surface area contributed by atoms with Crippen LogP contribution in [0.1, 0.15) is 59.0 Å². The van der Waals surface area contributed by atoms with Crippen molar-refractivity contribution in [2.75, 3.05) is 29.9 Å². The van der Waals surface area contributed by atoms with Crippen LogP contribution in [0, 0.1) is 0 Å². The quantitative estimate of drug-likeness (QED) is 0.583. The van der Waals surface area contributed by atoms with Crippen molar-refractivity contribution in [1.82, 2.24) is 9.88 Å². The van der Waals surface area contributed by atoms with E-state index in [1.165, 1.54) is 5.56 Å². The Bertz CT molecular complexity index is 982. The Kier molecular flexibility index (Phi) is 5.17. The van der Waals surface area contributed by atoms with E-state index < -0.39 is 10.6 Å². The highest BCUT2D eigenvalue weighted by Gasteiger charge is 2.39. The second kappa shape index (κ2) is 7.71. The Morgan fingerprint density at radius 1 is 1.10 bits per heavy atom. The fraction of sp³-hybridized carbons (Fsp3) is 0.455. The van der Waals surface area contributed by atoms with Gasteiger partial charge in [0.15, 0.2) is 0 Å². The third-order valence-corrected chi connectivity index (χ3v) is 8.59. The number of hydrogen-bond donors (Lipinski definition) is 3. The van der Waals surface area contributed by atoms with Gasteiger partial charge in [-0.05, 0) is 61.3 Å². The molecule has 3 aliphatic carbocycles. The lowest BCUT2D eigenvalue weighted by Gasteiger charge is -2.43. The molecule has 0 unspecified atom stereocenters. The van der Waals surface area contributed by atoms with Gasteiger partial charge < -0.3 is 10.2 Å². The van der Waals surface area contributed by atoms with Crippen LogP contribution in [0.15, 0.2) is 30.5 Å². The molecular weight excluding hydrogens is 422 g/mol. The van der Waals surface area contributed by atoms with Crippen molar-refractivity contribution in [1.29, 1.82) is 0 Å². The summed E-state index contributed by atoms with van der Waals surface area (Å²) >= 11 is 6.15. The normalized spacial score (nSPS) is 25.5. The number of nitrogens with one attached hydrogen (secondary N) is 1. The topological polar surface area (TPSA) is 85.7 Å². The van der Waals surface area contributed by atoms with Gasteiger partial charge in [-0.3, -0.25) is 13.9 Å². The van der Waals surface area contributed by atoms with E-state index >= 15 is 0 Å². The van der Waals surface area contributed by atoms with Crippen molar-refractivity contribution >= 4 is 39.6 Å². The summed E-state index contributed by atoms with van der Waals surface area (Å²) in [6.07, 6.45) is 6.19. The number of carbonyl (C=O) groups excluding carboxylic acids is 1. The van der Waals surface area contributed by atoms with Crippen molar-refractivity contribution in [2.24, 2.45) is 0 Å². The molecule has 1 aliphatic heterocycles. The molecule has 2 heterocycles. The van der Waals surface area contributed by atoms with Gasteiger partial charge in [-0.25, -0.2) is 4.98 Å². The number of aromatic nitrogens is 1. The Hall–Kier alpha value is -1.80. The number of amides is 1. The zero-order chi connectivity index (χ0) is 20.9. The molecule has 0 atom stereocenters. The minimum atomic E-state index is -2.53. The molecule has 0 spiro atoms. The highest BCUT2D eigenvalue weighted by atomic mass is 35.5. The van der Waals surface area contributed by atoms with Crippen LogP contribution in [-0.2, 0) is 0 Å². The third kappa shape index (κ3) is 3.68. The molecule has 1 saturated carbocycles. The van der Waals surface area contributed by atoms with Gasteiger partial charge in [0.1, 0.15) is 5.82 Å². The number of rotatable bonds is 3. The zero-order valence-corrected chi connectivity index (χ0v) is 18.3. The molecule has 2 aromatic rings. The molecule has 4 aliphatic rings. The SMILES string of the molecule is O=C(c1cnc(Nc2cccc(Cl)c2)c2c1C1CCC2CC1)N1CCS(O)(O)CC1. The predicted octanol–water partition coefficient (Wildman–Crippen LogP) is 5.44. The molecule has 8 heteroatoms. The van der Waals surface area contributed by atoms with Crippen LogP contribution >= 0.6 is 22.2 Å². The summed E-state index contributed by atoms with van der Waals surface area (Å²) in [6.45, 7) is 0.763. The maximum Gasteiger partial charge on any atom is 0.255 e. The van der Waals surface area contributed by atoms with Gasteiger partial charge in [-0.2, -0.15) is 10.6 Å². The lowest BCUT2D eigenvalue weighted by Crippen LogP contribution is -2.43. The van der Waals surface area contributed by atoms with E-state index in [4.69, 9.17) is 11.6 Å². The van der Waals surface area contributed by atoms with E-state index in [9.17, 15) is 13.9 Å². The maximum atomic E-state index is 13.4. The highest BCUT2D eigenvalue weighted by molar-refractivity contribution is 8.24. The Balaban J connectivity index is 1.51. The number of pyridine rings is 1. The molecule has 1 amide bonds. The van der Waals surface area contributed by atoms with Gasteiger partial charge in [0.2, 0.25) is 0 Å². The minimum absolute atomic E-state index is 0.0319. The van der Waals surface area contributed by atoms with E-state index in [1.807, 2.05) is 24.3 Å². The summed E-state index contributed by atoms with van der Waals surface area (Å²) in [5.41, 5.74) is 3.91. The maximum absolute atomic E-state index is 13.4.